The van der Waals surface area contributed by atoms with Gasteiger partial charge in [0.15, 0.2) is 7.28 Å². The molecule has 1 nitrogen and oxygen atoms in total. The van der Waals surface area contributed by atoms with Gasteiger partial charge in [-0.15, -0.1) is 11.3 Å². The zero-order valence-electron chi connectivity index (χ0n) is 8.55. The van der Waals surface area contributed by atoms with Crippen molar-refractivity contribution in [3.05, 3.63) is 47.0 Å². The van der Waals surface area contributed by atoms with Crippen LogP contribution in [0.4, 0.5) is 0 Å². The fourth-order valence-corrected chi connectivity index (χ4v) is 1.96. The van der Waals surface area contributed by atoms with Gasteiger partial charge in [-0.3, -0.25) is 4.98 Å². The van der Waals surface area contributed by atoms with Crippen molar-refractivity contribution < 1.29 is 0 Å². The molecule has 0 amide bonds. The van der Waals surface area contributed by atoms with Gasteiger partial charge in [-0.1, -0.05) is 43.2 Å². The minimum Gasteiger partial charge on any atom is -0.260 e. The van der Waals surface area contributed by atoms with Crippen LogP contribution in [0.2, 0.25) is 6.82 Å². The summed E-state index contributed by atoms with van der Waals surface area (Å²) < 4.78 is 0. The summed E-state index contributed by atoms with van der Waals surface area (Å²) in [5.41, 5.74) is 1.22. The van der Waals surface area contributed by atoms with Crippen LogP contribution in [0.15, 0.2) is 36.5 Å². The van der Waals surface area contributed by atoms with Crippen molar-refractivity contribution in [2.24, 2.45) is 0 Å². The number of rotatable bonds is 3. The summed E-state index contributed by atoms with van der Waals surface area (Å²) in [5, 5.41) is 0. The lowest BCUT2D eigenvalue weighted by atomic mass is 9.84. The molecule has 3 heteroatoms. The molecule has 2 rings (SSSR count). The monoisotopic (exact) mass is 212 g/mol. The smallest absolute Gasteiger partial charge is 0.188 e. The van der Waals surface area contributed by atoms with Gasteiger partial charge in [-0.2, -0.15) is 0 Å². The first-order chi connectivity index (χ1) is 7.38. The second-order valence-corrected chi connectivity index (χ2v) is 4.23. The number of hydrogen-bond donors (Lipinski definition) is 0. The van der Waals surface area contributed by atoms with Crippen LogP contribution in [0.25, 0.3) is 12.2 Å². The van der Waals surface area contributed by atoms with E-state index in [1.807, 2.05) is 38.5 Å². The summed E-state index contributed by atoms with van der Waals surface area (Å²) in [4.78, 5) is 6.52. The average Bonchev–Trinajstić information content (AvgIpc) is 2.76. The third kappa shape index (κ3) is 2.80. The minimum atomic E-state index is 1.07. The first-order valence-electron chi connectivity index (χ1n) is 4.87. The van der Waals surface area contributed by atoms with Gasteiger partial charge in [-0.25, -0.2) is 0 Å². The predicted octanol–water partition coefficient (Wildman–Crippen LogP) is 2.69. The number of thiazole rings is 1. The molecule has 1 heterocycles. The van der Waals surface area contributed by atoms with Gasteiger partial charge in [0.25, 0.3) is 0 Å². The third-order valence-corrected chi connectivity index (χ3v) is 3.06. The number of benzene rings is 1. The van der Waals surface area contributed by atoms with Gasteiger partial charge in [-0.05, 0) is 11.6 Å². The summed E-state index contributed by atoms with van der Waals surface area (Å²) in [5.74, 6) is 0. The van der Waals surface area contributed by atoms with Crippen molar-refractivity contribution in [2.75, 3.05) is 0 Å². The molecule has 2 aromatic rings. The Bertz CT molecular complexity index is 448. The van der Waals surface area contributed by atoms with Gasteiger partial charge in [0.05, 0.1) is 0 Å². The Morgan fingerprint density at radius 1 is 1.20 bits per heavy atom. The van der Waals surface area contributed by atoms with Crippen LogP contribution >= 0.6 is 11.3 Å². The van der Waals surface area contributed by atoms with Crippen LogP contribution in [-0.2, 0) is 0 Å². The van der Waals surface area contributed by atoms with Gasteiger partial charge >= 0.3 is 0 Å². The van der Waals surface area contributed by atoms with Crippen LogP contribution in [0.5, 0.6) is 0 Å². The summed E-state index contributed by atoms with van der Waals surface area (Å²) >= 11 is 1.70. The first kappa shape index (κ1) is 10.2. The lowest BCUT2D eigenvalue weighted by Gasteiger charge is -1.89. The van der Waals surface area contributed by atoms with E-state index in [1.165, 1.54) is 10.4 Å². The van der Waals surface area contributed by atoms with Crippen molar-refractivity contribution in [1.82, 2.24) is 4.98 Å². The van der Waals surface area contributed by atoms with Crippen molar-refractivity contribution >= 4 is 35.7 Å². The van der Waals surface area contributed by atoms with Crippen molar-refractivity contribution in [3.63, 3.8) is 0 Å². The van der Waals surface area contributed by atoms with Crippen LogP contribution < -0.4 is 4.91 Å². The first-order valence-corrected chi connectivity index (χ1v) is 5.68. The second-order valence-electron chi connectivity index (χ2n) is 3.13. The molecule has 0 bridgehead atoms. The molecular weight excluding hydrogens is 201 g/mol. The van der Waals surface area contributed by atoms with E-state index in [-0.39, 0.29) is 0 Å². The Morgan fingerprint density at radius 2 is 2.00 bits per heavy atom. The van der Waals surface area contributed by atoms with E-state index in [1.54, 1.807) is 11.3 Å². The van der Waals surface area contributed by atoms with Gasteiger partial charge in [0.2, 0.25) is 0 Å². The fraction of sp³-hybridized carbons (Fsp3) is 0.0833. The molecule has 1 aromatic heterocycles. The molecule has 0 fully saturated rings. The predicted molar refractivity (Wildman–Crippen MR) is 68.7 cm³/mol. The zero-order chi connectivity index (χ0) is 10.5. The quantitative estimate of drug-likeness (QED) is 0.712. The van der Waals surface area contributed by atoms with Crippen molar-refractivity contribution in [3.8, 4) is 0 Å². The molecule has 15 heavy (non-hydrogen) atoms. The van der Waals surface area contributed by atoms with Crippen LogP contribution in [0, 0.1) is 0 Å². The number of aromatic nitrogens is 1. The summed E-state index contributed by atoms with van der Waals surface area (Å²) in [6.45, 7) is 2.00. The van der Waals surface area contributed by atoms with Gasteiger partial charge in [0.1, 0.15) is 0 Å². The highest BCUT2D eigenvalue weighted by Gasteiger charge is 1.96. The summed E-state index contributed by atoms with van der Waals surface area (Å²) in [6, 6.07) is 10.3. The van der Waals surface area contributed by atoms with E-state index in [2.05, 4.69) is 29.3 Å². The summed E-state index contributed by atoms with van der Waals surface area (Å²) in [7, 11) is 2.02. The highest BCUT2D eigenvalue weighted by Crippen LogP contribution is 2.10. The lowest BCUT2D eigenvalue weighted by molar-refractivity contribution is 1.46. The topological polar surface area (TPSA) is 12.9 Å². The molecule has 0 spiro atoms. The van der Waals surface area contributed by atoms with E-state index < -0.39 is 0 Å². The zero-order valence-corrected chi connectivity index (χ0v) is 9.37. The van der Waals surface area contributed by atoms with E-state index in [4.69, 9.17) is 0 Å². The molecule has 0 atom stereocenters. The third-order valence-electron chi connectivity index (χ3n) is 2.03. The Hall–Kier alpha value is -1.35. The van der Waals surface area contributed by atoms with Crippen LogP contribution in [-0.4, -0.2) is 12.3 Å². The van der Waals surface area contributed by atoms with Crippen molar-refractivity contribution in [1.29, 1.82) is 0 Å². The molecule has 0 saturated carbocycles. The van der Waals surface area contributed by atoms with Gasteiger partial charge in [0, 0.05) is 16.0 Å². The molecule has 1 aromatic carbocycles. The average molecular weight is 212 g/mol. The molecule has 0 aliphatic carbocycles. The largest absolute Gasteiger partial charge is 0.260 e. The molecule has 73 valence electrons. The maximum absolute atomic E-state index is 4.26. The standard InChI is InChI=1S/C12H11BNS/c1-13-12-14-9-11(15-12)8-7-10-5-3-2-4-6-10/h2-9H,1H3/b8-7+. The van der Waals surface area contributed by atoms with E-state index in [9.17, 15) is 0 Å². The molecule has 1 radical (unpaired) electrons. The Morgan fingerprint density at radius 3 is 2.67 bits per heavy atom. The van der Waals surface area contributed by atoms with Crippen LogP contribution in [0.1, 0.15) is 10.4 Å². The maximum atomic E-state index is 4.26. The normalized spacial score (nSPS) is 10.7. The highest BCUT2D eigenvalue weighted by atomic mass is 32.1. The minimum absolute atomic E-state index is 1.07. The molecule has 0 aliphatic rings. The van der Waals surface area contributed by atoms with E-state index in [0.717, 1.165) is 4.91 Å². The van der Waals surface area contributed by atoms with E-state index >= 15 is 0 Å². The SMILES string of the molecule is C[B]c1ncc(/C=C/c2ccccc2)s1. The van der Waals surface area contributed by atoms with Crippen molar-refractivity contribution in [2.45, 2.75) is 6.82 Å². The summed E-state index contributed by atoms with van der Waals surface area (Å²) in [6.07, 6.45) is 6.10. The van der Waals surface area contributed by atoms with Crippen LogP contribution in [0.3, 0.4) is 0 Å². The molecular formula is C12H11BNS. The van der Waals surface area contributed by atoms with E-state index in [0.29, 0.717) is 0 Å². The Labute approximate surface area is 94.7 Å². The van der Waals surface area contributed by atoms with Gasteiger partial charge < -0.3 is 0 Å². The Balaban J connectivity index is 2.11. The second kappa shape index (κ2) is 4.94. The maximum Gasteiger partial charge on any atom is 0.188 e. The lowest BCUT2D eigenvalue weighted by Crippen LogP contribution is -2.06. The highest BCUT2D eigenvalue weighted by molar-refractivity contribution is 7.21. The number of nitrogens with zero attached hydrogens (tertiary/aromatic N) is 1. The number of hydrogen-bond acceptors (Lipinski definition) is 2. The molecule has 0 N–H and O–H groups in total. The Kier molecular flexibility index (Phi) is 3.35. The molecule has 0 unspecified atom stereocenters. The molecule has 0 aliphatic heterocycles. The molecule has 0 saturated heterocycles. The fourth-order valence-electron chi connectivity index (χ4n) is 1.25.